The molecule has 0 bridgehead atoms. The van der Waals surface area contributed by atoms with E-state index >= 15 is 0 Å². The van der Waals surface area contributed by atoms with Crippen molar-refractivity contribution in [2.75, 3.05) is 12.4 Å². The highest BCUT2D eigenvalue weighted by molar-refractivity contribution is 6.32. The number of hydrogen-bond donors (Lipinski definition) is 1. The lowest BCUT2D eigenvalue weighted by atomic mass is 10.2. The lowest BCUT2D eigenvalue weighted by molar-refractivity contribution is -0.111. The van der Waals surface area contributed by atoms with Gasteiger partial charge in [0, 0.05) is 32.1 Å². The summed E-state index contributed by atoms with van der Waals surface area (Å²) >= 11 is 5.99. The number of carbonyl (C=O) groups is 1. The van der Waals surface area contributed by atoms with E-state index in [0.29, 0.717) is 16.5 Å². The standard InChI is InChI=1S/C16H16ClN3O4/c1-19-9-10(15(22)20(2)16(19)23)4-7-14(21)18-11-5-6-13(24-3)12(17)8-11/h4-9H,1-3H3,(H,18,21)/b7-4+. The molecule has 24 heavy (non-hydrogen) atoms. The Morgan fingerprint density at radius 1 is 1.29 bits per heavy atom. The van der Waals surface area contributed by atoms with Crippen molar-refractivity contribution in [3.63, 3.8) is 0 Å². The van der Waals surface area contributed by atoms with Gasteiger partial charge in [0.1, 0.15) is 5.75 Å². The first-order valence-electron chi connectivity index (χ1n) is 6.92. The van der Waals surface area contributed by atoms with Gasteiger partial charge in [0.15, 0.2) is 0 Å². The van der Waals surface area contributed by atoms with Crippen LogP contribution >= 0.6 is 11.6 Å². The minimum atomic E-state index is -0.477. The zero-order chi connectivity index (χ0) is 17.9. The molecule has 0 spiro atoms. The largest absolute Gasteiger partial charge is 0.495 e. The van der Waals surface area contributed by atoms with Crippen LogP contribution in [-0.2, 0) is 18.9 Å². The number of nitrogens with zero attached hydrogens (tertiary/aromatic N) is 2. The van der Waals surface area contributed by atoms with Gasteiger partial charge < -0.3 is 14.6 Å². The molecule has 0 saturated carbocycles. The van der Waals surface area contributed by atoms with Gasteiger partial charge in [-0.15, -0.1) is 0 Å². The minimum Gasteiger partial charge on any atom is -0.495 e. The molecule has 0 unspecified atom stereocenters. The van der Waals surface area contributed by atoms with E-state index in [9.17, 15) is 14.4 Å². The summed E-state index contributed by atoms with van der Waals surface area (Å²) in [6, 6.07) is 4.82. The van der Waals surface area contributed by atoms with Crippen molar-refractivity contribution >= 4 is 29.3 Å². The molecule has 0 fully saturated rings. The number of aromatic nitrogens is 2. The summed E-state index contributed by atoms with van der Waals surface area (Å²) in [5.41, 5.74) is -0.199. The third-order valence-corrected chi connectivity index (χ3v) is 3.60. The monoisotopic (exact) mass is 349 g/mol. The maximum absolute atomic E-state index is 12.0. The van der Waals surface area contributed by atoms with Crippen LogP contribution in [0.25, 0.3) is 6.08 Å². The summed E-state index contributed by atoms with van der Waals surface area (Å²) in [4.78, 5) is 35.5. The van der Waals surface area contributed by atoms with Gasteiger partial charge in [-0.05, 0) is 24.3 Å². The van der Waals surface area contributed by atoms with Crippen molar-refractivity contribution in [1.29, 1.82) is 0 Å². The minimum absolute atomic E-state index is 0.225. The molecule has 8 heteroatoms. The topological polar surface area (TPSA) is 82.3 Å². The molecule has 126 valence electrons. The number of halogens is 1. The van der Waals surface area contributed by atoms with Gasteiger partial charge >= 0.3 is 5.69 Å². The number of aryl methyl sites for hydroxylation is 1. The number of rotatable bonds is 4. The van der Waals surface area contributed by atoms with E-state index in [-0.39, 0.29) is 5.56 Å². The van der Waals surface area contributed by atoms with Crippen LogP contribution in [0.3, 0.4) is 0 Å². The number of anilines is 1. The summed E-state index contributed by atoms with van der Waals surface area (Å²) in [5.74, 6) is 0.0612. The van der Waals surface area contributed by atoms with Crippen LogP contribution in [0.4, 0.5) is 5.69 Å². The second-order valence-electron chi connectivity index (χ2n) is 5.01. The van der Waals surface area contributed by atoms with Crippen LogP contribution in [-0.4, -0.2) is 22.2 Å². The summed E-state index contributed by atoms with van der Waals surface area (Å²) in [6.45, 7) is 0. The molecule has 0 aliphatic rings. The summed E-state index contributed by atoms with van der Waals surface area (Å²) in [5, 5.41) is 2.99. The lowest BCUT2D eigenvalue weighted by Crippen LogP contribution is -2.37. The average molecular weight is 350 g/mol. The molecule has 0 aliphatic carbocycles. The predicted molar refractivity (Wildman–Crippen MR) is 92.6 cm³/mol. The van der Waals surface area contributed by atoms with Crippen molar-refractivity contribution in [1.82, 2.24) is 9.13 Å². The number of amides is 1. The number of nitrogens with one attached hydrogen (secondary N) is 1. The van der Waals surface area contributed by atoms with Crippen molar-refractivity contribution in [3.05, 3.63) is 61.9 Å². The molecular formula is C16H16ClN3O4. The Balaban J connectivity index is 2.18. The molecule has 2 rings (SSSR count). The predicted octanol–water partition coefficient (Wildman–Crippen LogP) is 1.40. The molecule has 0 saturated heterocycles. The van der Waals surface area contributed by atoms with Crippen molar-refractivity contribution in [3.8, 4) is 5.75 Å². The molecule has 1 aromatic carbocycles. The molecule has 1 heterocycles. The Hall–Kier alpha value is -2.80. The third kappa shape index (κ3) is 3.75. The van der Waals surface area contributed by atoms with E-state index in [4.69, 9.17) is 16.3 Å². The van der Waals surface area contributed by atoms with Crippen LogP contribution in [0.5, 0.6) is 5.75 Å². The summed E-state index contributed by atoms with van der Waals surface area (Å²) < 4.78 is 7.27. The molecule has 2 aromatic rings. The number of benzene rings is 1. The van der Waals surface area contributed by atoms with E-state index < -0.39 is 17.2 Å². The van der Waals surface area contributed by atoms with Crippen molar-refractivity contribution < 1.29 is 9.53 Å². The van der Waals surface area contributed by atoms with E-state index in [1.54, 1.807) is 18.2 Å². The number of ether oxygens (including phenoxy) is 1. The van der Waals surface area contributed by atoms with Crippen molar-refractivity contribution in [2.45, 2.75) is 0 Å². The van der Waals surface area contributed by atoms with E-state index in [0.717, 1.165) is 4.57 Å². The number of carbonyl (C=O) groups excluding carboxylic acids is 1. The van der Waals surface area contributed by atoms with E-state index in [2.05, 4.69) is 5.32 Å². The molecule has 1 amide bonds. The first kappa shape index (κ1) is 17.6. The van der Waals surface area contributed by atoms with Crippen LogP contribution in [0, 0.1) is 0 Å². The highest BCUT2D eigenvalue weighted by Crippen LogP contribution is 2.27. The van der Waals surface area contributed by atoms with Crippen LogP contribution < -0.4 is 21.3 Å². The molecule has 0 radical (unpaired) electrons. The lowest BCUT2D eigenvalue weighted by Gasteiger charge is -2.06. The van der Waals surface area contributed by atoms with Crippen molar-refractivity contribution in [2.24, 2.45) is 14.1 Å². The fraction of sp³-hybridized carbons (Fsp3) is 0.188. The molecule has 1 N–H and O–H groups in total. The Kier molecular flexibility index (Phi) is 5.25. The Labute approximate surface area is 142 Å². The zero-order valence-electron chi connectivity index (χ0n) is 13.4. The first-order chi connectivity index (χ1) is 11.3. The van der Waals surface area contributed by atoms with Gasteiger partial charge in [-0.3, -0.25) is 14.2 Å². The Morgan fingerprint density at radius 3 is 2.62 bits per heavy atom. The second-order valence-corrected chi connectivity index (χ2v) is 5.42. The Morgan fingerprint density at radius 2 is 2.00 bits per heavy atom. The fourth-order valence-electron chi connectivity index (χ4n) is 2.04. The molecule has 7 nitrogen and oxygen atoms in total. The maximum Gasteiger partial charge on any atom is 0.330 e. The molecule has 1 aromatic heterocycles. The first-order valence-corrected chi connectivity index (χ1v) is 7.30. The van der Waals surface area contributed by atoms with Crippen LogP contribution in [0.2, 0.25) is 5.02 Å². The van der Waals surface area contributed by atoms with Gasteiger partial charge in [-0.25, -0.2) is 4.79 Å². The third-order valence-electron chi connectivity index (χ3n) is 3.31. The molecular weight excluding hydrogens is 334 g/mol. The van der Waals surface area contributed by atoms with Crippen LogP contribution in [0.15, 0.2) is 40.1 Å². The highest BCUT2D eigenvalue weighted by atomic mass is 35.5. The van der Waals surface area contributed by atoms with E-state index in [1.807, 2.05) is 0 Å². The van der Waals surface area contributed by atoms with Gasteiger partial charge in [-0.2, -0.15) is 0 Å². The number of methoxy groups -OCH3 is 1. The fourth-order valence-corrected chi connectivity index (χ4v) is 2.30. The van der Waals surface area contributed by atoms with Gasteiger partial charge in [-0.1, -0.05) is 11.6 Å². The van der Waals surface area contributed by atoms with E-state index in [1.165, 1.54) is 44.1 Å². The van der Waals surface area contributed by atoms with Crippen LogP contribution in [0.1, 0.15) is 5.56 Å². The van der Waals surface area contributed by atoms with Gasteiger partial charge in [0.2, 0.25) is 5.91 Å². The summed E-state index contributed by atoms with van der Waals surface area (Å²) in [7, 11) is 4.40. The SMILES string of the molecule is COc1ccc(NC(=O)/C=C/c2cn(C)c(=O)n(C)c2=O)cc1Cl. The quantitative estimate of drug-likeness (QED) is 0.846. The van der Waals surface area contributed by atoms with Gasteiger partial charge in [0.25, 0.3) is 5.56 Å². The zero-order valence-corrected chi connectivity index (χ0v) is 14.1. The Bertz CT molecular complexity index is 928. The number of hydrogen-bond acceptors (Lipinski definition) is 4. The second kappa shape index (κ2) is 7.18. The molecule has 0 aliphatic heterocycles. The normalized spacial score (nSPS) is 10.8. The highest BCUT2D eigenvalue weighted by Gasteiger charge is 2.06. The molecule has 0 atom stereocenters. The smallest absolute Gasteiger partial charge is 0.330 e. The van der Waals surface area contributed by atoms with Gasteiger partial charge in [0.05, 0.1) is 17.7 Å². The summed E-state index contributed by atoms with van der Waals surface area (Å²) in [6.07, 6.45) is 3.93. The maximum atomic E-state index is 12.0. The average Bonchev–Trinajstić information content (AvgIpc) is 2.55.